The van der Waals surface area contributed by atoms with Gasteiger partial charge in [0, 0.05) is 30.1 Å². The molecule has 4 saturated carbocycles. The average Bonchev–Trinajstić information content (AvgIpc) is 3.10. The van der Waals surface area contributed by atoms with Crippen molar-refractivity contribution < 1.29 is 4.79 Å². The first-order valence-corrected chi connectivity index (χ1v) is 11.4. The second-order valence-corrected chi connectivity index (χ2v) is 10.3. The summed E-state index contributed by atoms with van der Waals surface area (Å²) in [6.07, 6.45) is 12.8. The van der Waals surface area contributed by atoms with Crippen molar-refractivity contribution in [1.82, 2.24) is 9.38 Å². The number of hydrogen-bond donors (Lipinski definition) is 1. The number of rotatable bonds is 4. The second-order valence-electron chi connectivity index (χ2n) is 10.3. The lowest BCUT2D eigenvalue weighted by Crippen LogP contribution is -2.47. The zero-order valence-corrected chi connectivity index (χ0v) is 17.6. The number of nitrogens with one attached hydrogen (secondary N) is 1. The summed E-state index contributed by atoms with van der Waals surface area (Å²) >= 11 is 0. The Bertz CT molecular complexity index is 1090. The third kappa shape index (κ3) is 3.23. The summed E-state index contributed by atoms with van der Waals surface area (Å²) < 4.78 is 2.04. The highest BCUT2D eigenvalue weighted by atomic mass is 16.1. The van der Waals surface area contributed by atoms with Gasteiger partial charge >= 0.3 is 0 Å². The molecular formula is C26H29N3O. The molecule has 1 aromatic carbocycles. The van der Waals surface area contributed by atoms with Crippen LogP contribution in [0.2, 0.25) is 0 Å². The molecule has 0 aliphatic heterocycles. The van der Waals surface area contributed by atoms with Gasteiger partial charge in [-0.15, -0.1) is 0 Å². The molecule has 0 atom stereocenters. The lowest BCUT2D eigenvalue weighted by molar-refractivity contribution is -0.124. The van der Waals surface area contributed by atoms with Gasteiger partial charge in [0.25, 0.3) is 0 Å². The fourth-order valence-electron chi connectivity index (χ4n) is 7.03. The minimum absolute atomic E-state index is 0.180. The number of aromatic nitrogens is 2. The van der Waals surface area contributed by atoms with Crippen LogP contribution in [0.1, 0.15) is 50.5 Å². The topological polar surface area (TPSA) is 46.4 Å². The average molecular weight is 400 g/mol. The van der Waals surface area contributed by atoms with Crippen LogP contribution in [0, 0.1) is 30.1 Å². The molecule has 4 fully saturated rings. The van der Waals surface area contributed by atoms with Crippen molar-refractivity contribution in [2.75, 3.05) is 5.32 Å². The van der Waals surface area contributed by atoms with Gasteiger partial charge in [0.1, 0.15) is 5.65 Å². The molecule has 30 heavy (non-hydrogen) atoms. The number of imidazole rings is 1. The summed E-state index contributed by atoms with van der Waals surface area (Å²) in [7, 11) is 0. The van der Waals surface area contributed by atoms with Crippen LogP contribution in [0.4, 0.5) is 5.69 Å². The molecule has 3 aromatic rings. The van der Waals surface area contributed by atoms with E-state index in [4.69, 9.17) is 4.98 Å². The zero-order valence-electron chi connectivity index (χ0n) is 17.6. The largest absolute Gasteiger partial charge is 0.326 e. The monoisotopic (exact) mass is 399 g/mol. The first kappa shape index (κ1) is 18.2. The SMILES string of the molecule is Cc1ccn2cc(-c3cccc(NC(=O)CC45CC6CC(CC(C6)C4)C5)c3)nc2c1. The van der Waals surface area contributed by atoms with Crippen molar-refractivity contribution in [2.45, 2.75) is 51.9 Å². The smallest absolute Gasteiger partial charge is 0.224 e. The maximum absolute atomic E-state index is 13.0. The molecule has 1 N–H and O–H groups in total. The van der Waals surface area contributed by atoms with E-state index < -0.39 is 0 Å². The van der Waals surface area contributed by atoms with Crippen molar-refractivity contribution in [3.63, 3.8) is 0 Å². The van der Waals surface area contributed by atoms with Crippen LogP contribution in [0.3, 0.4) is 0 Å². The summed E-state index contributed by atoms with van der Waals surface area (Å²) in [5.41, 5.74) is 5.25. The molecule has 0 unspecified atom stereocenters. The molecular weight excluding hydrogens is 370 g/mol. The van der Waals surface area contributed by atoms with Crippen LogP contribution in [-0.2, 0) is 4.79 Å². The standard InChI is InChI=1S/C26H29N3O/c1-17-5-6-29-16-23(28-24(29)7-17)21-3-2-4-22(11-21)27-25(30)15-26-12-18-8-19(13-26)10-20(9-18)14-26/h2-7,11,16,18-20H,8-10,12-15H2,1H3,(H,27,30). The van der Waals surface area contributed by atoms with Crippen molar-refractivity contribution >= 4 is 17.2 Å². The van der Waals surface area contributed by atoms with Crippen LogP contribution in [-0.4, -0.2) is 15.3 Å². The van der Waals surface area contributed by atoms with Crippen molar-refractivity contribution in [3.05, 3.63) is 54.4 Å². The molecule has 4 aliphatic carbocycles. The molecule has 4 nitrogen and oxygen atoms in total. The van der Waals surface area contributed by atoms with Crippen LogP contribution < -0.4 is 5.32 Å². The highest BCUT2D eigenvalue weighted by Crippen LogP contribution is 2.61. The number of fused-ring (bicyclic) bond motifs is 1. The Balaban J connectivity index is 1.19. The van der Waals surface area contributed by atoms with Gasteiger partial charge in [0.2, 0.25) is 5.91 Å². The molecule has 0 spiro atoms. The minimum atomic E-state index is 0.180. The van der Waals surface area contributed by atoms with E-state index in [9.17, 15) is 4.79 Å². The van der Waals surface area contributed by atoms with Crippen LogP contribution in [0.25, 0.3) is 16.9 Å². The van der Waals surface area contributed by atoms with Gasteiger partial charge < -0.3 is 9.72 Å². The summed E-state index contributed by atoms with van der Waals surface area (Å²) in [6, 6.07) is 12.3. The van der Waals surface area contributed by atoms with Crippen molar-refractivity contribution in [2.24, 2.45) is 23.2 Å². The molecule has 7 rings (SSSR count). The number of nitrogens with zero attached hydrogens (tertiary/aromatic N) is 2. The number of aryl methyl sites for hydroxylation is 1. The molecule has 0 saturated heterocycles. The molecule has 2 heterocycles. The number of pyridine rings is 1. The van der Waals surface area contributed by atoms with Gasteiger partial charge in [-0.25, -0.2) is 4.98 Å². The number of amides is 1. The fraction of sp³-hybridized carbons (Fsp3) is 0.462. The summed E-state index contributed by atoms with van der Waals surface area (Å²) in [4.78, 5) is 17.8. The third-order valence-electron chi connectivity index (χ3n) is 7.76. The predicted molar refractivity (Wildman–Crippen MR) is 119 cm³/mol. The first-order valence-electron chi connectivity index (χ1n) is 11.4. The minimum Gasteiger partial charge on any atom is -0.326 e. The second kappa shape index (κ2) is 6.69. The summed E-state index contributed by atoms with van der Waals surface area (Å²) in [6.45, 7) is 2.08. The van der Waals surface area contributed by atoms with Gasteiger partial charge in [0.05, 0.1) is 5.69 Å². The number of hydrogen-bond acceptors (Lipinski definition) is 2. The Labute approximate surface area is 177 Å². The Hall–Kier alpha value is -2.62. The van der Waals surface area contributed by atoms with Crippen molar-refractivity contribution in [1.29, 1.82) is 0 Å². The lowest BCUT2D eigenvalue weighted by Gasteiger charge is -2.56. The van der Waals surface area contributed by atoms with E-state index in [2.05, 4.69) is 30.4 Å². The van der Waals surface area contributed by atoms with Gasteiger partial charge in [-0.2, -0.15) is 0 Å². The molecule has 4 heteroatoms. The predicted octanol–water partition coefficient (Wildman–Crippen LogP) is 5.85. The third-order valence-corrected chi connectivity index (χ3v) is 7.76. The van der Waals surface area contributed by atoms with Gasteiger partial charge in [-0.3, -0.25) is 4.79 Å². The highest BCUT2D eigenvalue weighted by molar-refractivity contribution is 5.92. The number of benzene rings is 1. The molecule has 1 amide bonds. The van der Waals surface area contributed by atoms with Crippen LogP contribution in [0.15, 0.2) is 48.8 Å². The van der Waals surface area contributed by atoms with Gasteiger partial charge in [-0.05, 0) is 98.4 Å². The van der Waals surface area contributed by atoms with E-state index in [1.165, 1.54) is 44.1 Å². The quantitative estimate of drug-likeness (QED) is 0.598. The molecule has 2 aromatic heterocycles. The first-order chi connectivity index (χ1) is 14.5. The Morgan fingerprint density at radius 1 is 1.10 bits per heavy atom. The maximum atomic E-state index is 13.0. The van der Waals surface area contributed by atoms with Gasteiger partial charge in [-0.1, -0.05) is 12.1 Å². The summed E-state index contributed by atoms with van der Waals surface area (Å²) in [5.74, 6) is 2.82. The normalized spacial score (nSPS) is 29.4. The number of anilines is 1. The molecule has 0 radical (unpaired) electrons. The van der Waals surface area contributed by atoms with Gasteiger partial charge in [0.15, 0.2) is 0 Å². The molecule has 154 valence electrons. The Morgan fingerprint density at radius 2 is 1.83 bits per heavy atom. The Kier molecular flexibility index (Phi) is 4.06. The van der Waals surface area contributed by atoms with E-state index >= 15 is 0 Å². The van der Waals surface area contributed by atoms with E-state index in [0.717, 1.165) is 40.3 Å². The van der Waals surface area contributed by atoms with E-state index in [1.807, 2.05) is 35.0 Å². The highest BCUT2D eigenvalue weighted by Gasteiger charge is 2.51. The number of carbonyl (C=O) groups excluding carboxylic acids is 1. The number of carbonyl (C=O) groups is 1. The fourth-order valence-corrected chi connectivity index (χ4v) is 7.03. The van der Waals surface area contributed by atoms with Crippen LogP contribution in [0.5, 0.6) is 0 Å². The molecule has 4 bridgehead atoms. The maximum Gasteiger partial charge on any atom is 0.224 e. The van der Waals surface area contributed by atoms with E-state index in [-0.39, 0.29) is 11.3 Å². The van der Waals surface area contributed by atoms with Crippen molar-refractivity contribution in [3.8, 4) is 11.3 Å². The van der Waals surface area contributed by atoms with E-state index in [1.54, 1.807) is 0 Å². The molecule has 4 aliphatic rings. The Morgan fingerprint density at radius 3 is 2.57 bits per heavy atom. The lowest BCUT2D eigenvalue weighted by atomic mass is 9.49. The zero-order chi connectivity index (χ0) is 20.3. The van der Waals surface area contributed by atoms with Crippen LogP contribution >= 0.6 is 0 Å². The van der Waals surface area contributed by atoms with E-state index in [0.29, 0.717) is 6.42 Å². The summed E-state index contributed by atoms with van der Waals surface area (Å²) in [5, 5.41) is 3.20.